The average Bonchev–Trinajstić information content (AvgIpc) is 1.71. The Hall–Kier alpha value is -3.46. The number of sulfone groups is 1. The van der Waals surface area contributed by atoms with E-state index in [0.29, 0.717) is 90.4 Å². The van der Waals surface area contributed by atoms with Crippen molar-refractivity contribution in [3.8, 4) is 0 Å². The van der Waals surface area contributed by atoms with Crippen LogP contribution in [0, 0.1) is 123 Å². The van der Waals surface area contributed by atoms with Crippen molar-refractivity contribution >= 4 is 9.84 Å². The topological polar surface area (TPSA) is 148 Å². The van der Waals surface area contributed by atoms with Crippen LogP contribution in [0.5, 0.6) is 0 Å². The first kappa shape index (κ1) is 66.2. The van der Waals surface area contributed by atoms with Gasteiger partial charge in [-0.2, -0.15) is 15.3 Å². The Labute approximate surface area is 545 Å². The highest BCUT2D eigenvalue weighted by Gasteiger charge is 2.62. The summed E-state index contributed by atoms with van der Waals surface area (Å²) in [5, 5.41) is 45.0. The van der Waals surface area contributed by atoms with Gasteiger partial charge in [0.15, 0.2) is 9.84 Å². The van der Waals surface area contributed by atoms with E-state index in [4.69, 9.17) is 0 Å². The van der Waals surface area contributed by atoms with Crippen molar-refractivity contribution in [1.82, 2.24) is 29.3 Å². The first-order chi connectivity index (χ1) is 43.3. The number of nitrogens with zero attached hydrogens (tertiary/aromatic N) is 6. The lowest BCUT2D eigenvalue weighted by Crippen LogP contribution is -2.54. The van der Waals surface area contributed by atoms with Crippen LogP contribution in [0.3, 0.4) is 0 Å². The minimum absolute atomic E-state index is 0.0799. The summed E-state index contributed by atoms with van der Waals surface area (Å²) in [5.41, 5.74) is 2.72. The van der Waals surface area contributed by atoms with Gasteiger partial charge in [0.25, 0.3) is 0 Å². The SMILES string of the molecule is C=C(Cn1cc(S(C)(=O)=O)cn1)[C@H]1CC[C@H]2[C@@H]3CC[C@@H]4C[C@@](O)(CF)CC[C@@H]4[C@H]3CC[C@]12C.C=C(Cn1cccn1)[C@H]1CC[C@H]2[C@@H]3CC[C@@H]4C[C@@](O)(CC)CC[C@@H]4[C@H]3CC[C@]12C.C=C(Cn1cccn1)[C@H]1CC[C@H]2[C@@H]3C[C@@H](F)[C@@H]4C[C@](C)(O)CC[C@@H]4[C@H]3CC[C@]12C. The van der Waals surface area contributed by atoms with Gasteiger partial charge in [-0.1, -0.05) is 64.2 Å². The van der Waals surface area contributed by atoms with Crippen LogP contribution in [-0.4, -0.2) is 89.0 Å². The molecule has 91 heavy (non-hydrogen) atoms. The largest absolute Gasteiger partial charge is 0.390 e. The summed E-state index contributed by atoms with van der Waals surface area (Å²) in [6.45, 7) is 26.8. The fraction of sp³-hybridized carbons (Fsp3) is 0.805. The molecule has 504 valence electrons. The smallest absolute Gasteiger partial charge is 0.178 e. The zero-order valence-corrected chi connectivity index (χ0v) is 57.5. The highest BCUT2D eigenvalue weighted by Crippen LogP contribution is 2.69. The van der Waals surface area contributed by atoms with Gasteiger partial charge < -0.3 is 15.3 Å². The minimum atomic E-state index is -3.25. The Morgan fingerprint density at radius 3 is 1.41 bits per heavy atom. The summed E-state index contributed by atoms with van der Waals surface area (Å²) >= 11 is 0. The minimum Gasteiger partial charge on any atom is -0.390 e. The Morgan fingerprint density at radius 2 is 0.956 bits per heavy atom. The molecule has 12 aliphatic carbocycles. The molecule has 3 N–H and O–H groups in total. The van der Waals surface area contributed by atoms with Crippen LogP contribution < -0.4 is 0 Å². The van der Waals surface area contributed by atoms with Gasteiger partial charge in [-0.3, -0.25) is 14.0 Å². The average molecular weight is 1280 g/mol. The van der Waals surface area contributed by atoms with Crippen molar-refractivity contribution in [1.29, 1.82) is 0 Å². The molecule has 11 nitrogen and oxygen atoms in total. The Kier molecular flexibility index (Phi) is 18.3. The zero-order valence-electron chi connectivity index (χ0n) is 56.6. The predicted molar refractivity (Wildman–Crippen MR) is 356 cm³/mol. The van der Waals surface area contributed by atoms with Crippen LogP contribution in [0.25, 0.3) is 0 Å². The lowest BCUT2D eigenvalue weighted by Gasteiger charge is -2.57. The maximum absolute atomic E-state index is 15.4. The van der Waals surface area contributed by atoms with E-state index in [-0.39, 0.29) is 27.2 Å². The van der Waals surface area contributed by atoms with E-state index in [1.54, 1.807) is 10.9 Å². The molecule has 3 aromatic rings. The molecule has 3 aromatic heterocycles. The van der Waals surface area contributed by atoms with Gasteiger partial charge in [0, 0.05) is 37.2 Å². The van der Waals surface area contributed by atoms with E-state index in [9.17, 15) is 28.1 Å². The summed E-state index contributed by atoms with van der Waals surface area (Å²) in [6.07, 6.45) is 41.5. The summed E-state index contributed by atoms with van der Waals surface area (Å²) in [5.74, 6) is 11.7. The van der Waals surface area contributed by atoms with Gasteiger partial charge in [-0.25, -0.2) is 17.2 Å². The van der Waals surface area contributed by atoms with Gasteiger partial charge >= 0.3 is 0 Å². The molecule has 0 aromatic carbocycles. The van der Waals surface area contributed by atoms with Crippen LogP contribution in [0.15, 0.2) is 90.7 Å². The molecular weight excluding hydrogens is 1160 g/mol. The van der Waals surface area contributed by atoms with E-state index < -0.39 is 33.9 Å². The lowest BCUT2D eigenvalue weighted by atomic mass is 9.48. The second kappa shape index (κ2) is 25.2. The molecule has 0 aliphatic heterocycles. The second-order valence-corrected chi connectivity index (χ2v) is 36.6. The molecule has 14 heteroatoms. The standard InChI is InChI=1S/C26H39FN2O3S.C26H40N2O.C25H37FN2O/c1-17(14-29-15-19(13-28-29)33(3,31)32)23-6-7-24-22-5-4-18-12-26(30,16-27)11-9-20(18)21(22)8-10-25(23,24)2;1-4-26(29)13-11-20-19(16-26)6-7-22-21(20)10-12-25(3)23(8-9-24(22)25)18(2)17-28-15-5-14-27-28;1-16(15-28-12-4-11-27-28)21-5-6-22-19-13-23(26)20-14-24(2,29)9-7-18(20)17(19)8-10-25(21,22)3/h13,15,18,20-24,30H,1,4-12,14,16H2,2-3H3;5,14-15,19-24,29H,2,4,6-13,16-17H2,1,3H3;4,11-12,17-23,29H,1,5-10,13-15H2,2-3H3/t18-,20+,21-,22-,23-,24+,25-,26-;19-,20+,21-,22-,23-,24+,25-,26-;17-,18-,19-,20-,21-,22+,23-,24-,25-/m111/s1. The molecule has 15 rings (SSSR count). The van der Waals surface area contributed by atoms with Gasteiger partial charge in [0.2, 0.25) is 0 Å². The van der Waals surface area contributed by atoms with Gasteiger partial charge in [0.05, 0.1) is 42.6 Å². The Bertz CT molecular complexity index is 3180. The van der Waals surface area contributed by atoms with E-state index in [2.05, 4.69) is 68.9 Å². The summed E-state index contributed by atoms with van der Waals surface area (Å²) in [4.78, 5) is 0.259. The first-order valence-electron chi connectivity index (χ1n) is 36.8. The summed E-state index contributed by atoms with van der Waals surface area (Å²) < 4.78 is 58.2. The molecule has 0 unspecified atom stereocenters. The Morgan fingerprint density at radius 1 is 0.527 bits per heavy atom. The molecule has 12 fully saturated rings. The third-order valence-corrected chi connectivity index (χ3v) is 31.2. The number of hydrogen-bond donors (Lipinski definition) is 3. The Balaban J connectivity index is 0.000000125. The fourth-order valence-electron chi connectivity index (χ4n) is 25.7. The van der Waals surface area contributed by atoms with E-state index in [0.717, 1.165) is 112 Å². The number of aliphatic hydroxyl groups is 3. The molecule has 0 amide bonds. The van der Waals surface area contributed by atoms with Gasteiger partial charge in [-0.15, -0.1) is 0 Å². The number of aromatic nitrogens is 6. The van der Waals surface area contributed by atoms with E-state index in [1.807, 2.05) is 47.0 Å². The molecule has 25 atom stereocenters. The van der Waals surface area contributed by atoms with Gasteiger partial charge in [0.1, 0.15) is 17.7 Å². The first-order valence-corrected chi connectivity index (χ1v) is 38.7. The maximum atomic E-state index is 15.4. The molecular formula is C77H116F2N6O5S. The molecule has 0 saturated heterocycles. The number of rotatable bonds is 12. The quantitative estimate of drug-likeness (QED) is 0.152. The summed E-state index contributed by atoms with van der Waals surface area (Å²) in [7, 11) is -3.25. The summed E-state index contributed by atoms with van der Waals surface area (Å²) in [6, 6.07) is 3.99. The number of allylic oxidation sites excluding steroid dienone is 3. The number of alkyl halides is 2. The van der Waals surface area contributed by atoms with Crippen LogP contribution in [-0.2, 0) is 29.5 Å². The van der Waals surface area contributed by atoms with Crippen LogP contribution in [0.2, 0.25) is 0 Å². The zero-order chi connectivity index (χ0) is 64.2. The monoisotopic (exact) mass is 1270 g/mol. The third-order valence-electron chi connectivity index (χ3n) is 30.1. The van der Waals surface area contributed by atoms with Crippen molar-refractivity contribution in [2.75, 3.05) is 12.9 Å². The highest BCUT2D eigenvalue weighted by atomic mass is 32.2. The van der Waals surface area contributed by atoms with Crippen molar-refractivity contribution in [2.45, 2.75) is 255 Å². The van der Waals surface area contributed by atoms with Crippen molar-refractivity contribution in [3.05, 3.63) is 85.8 Å². The van der Waals surface area contributed by atoms with Crippen molar-refractivity contribution < 1.29 is 32.5 Å². The van der Waals surface area contributed by atoms with E-state index in [1.165, 1.54) is 125 Å². The normalized spacial score (nSPS) is 46.1. The number of hydrogen-bond acceptors (Lipinski definition) is 8. The molecule has 3 heterocycles. The van der Waals surface area contributed by atoms with Crippen LogP contribution in [0.1, 0.15) is 208 Å². The number of fused-ring (bicyclic) bond motifs is 15. The van der Waals surface area contributed by atoms with E-state index >= 15 is 4.39 Å². The second-order valence-electron chi connectivity index (χ2n) is 34.6. The van der Waals surface area contributed by atoms with Gasteiger partial charge in [-0.05, 0) is 315 Å². The van der Waals surface area contributed by atoms with Crippen molar-refractivity contribution in [2.24, 2.45) is 123 Å². The molecule has 0 bridgehead atoms. The lowest BCUT2D eigenvalue weighted by molar-refractivity contribution is -0.125. The fourth-order valence-corrected chi connectivity index (χ4v) is 26.3. The molecule has 12 aliphatic rings. The van der Waals surface area contributed by atoms with Crippen LogP contribution in [0.4, 0.5) is 8.78 Å². The molecule has 0 radical (unpaired) electrons. The molecule has 0 spiro atoms. The third kappa shape index (κ3) is 12.4. The van der Waals surface area contributed by atoms with Crippen LogP contribution >= 0.6 is 0 Å². The maximum Gasteiger partial charge on any atom is 0.178 e. The van der Waals surface area contributed by atoms with Crippen molar-refractivity contribution in [3.63, 3.8) is 0 Å². The predicted octanol–water partition coefficient (Wildman–Crippen LogP) is 16.1. The molecule has 12 saturated carbocycles. The number of halogens is 2. The highest BCUT2D eigenvalue weighted by molar-refractivity contribution is 7.90.